The third-order valence-electron chi connectivity index (χ3n) is 4.21. The highest BCUT2D eigenvalue weighted by Gasteiger charge is 2.17. The van der Waals surface area contributed by atoms with Crippen LogP contribution in [0.2, 0.25) is 0 Å². The van der Waals surface area contributed by atoms with E-state index in [2.05, 4.69) is 25.1 Å². The van der Waals surface area contributed by atoms with Crippen molar-refractivity contribution in [3.8, 4) is 16.9 Å². The summed E-state index contributed by atoms with van der Waals surface area (Å²) in [5.41, 5.74) is 2.71. The van der Waals surface area contributed by atoms with Gasteiger partial charge in [-0.3, -0.25) is 0 Å². The maximum absolute atomic E-state index is 5.78. The Morgan fingerprint density at radius 1 is 0.750 bits per heavy atom. The van der Waals surface area contributed by atoms with Crippen molar-refractivity contribution in [1.29, 1.82) is 0 Å². The lowest BCUT2D eigenvalue weighted by Crippen LogP contribution is -1.96. The molecular weight excluding hydrogens is 244 g/mol. The molecule has 20 heavy (non-hydrogen) atoms. The molecule has 0 aromatic rings. The van der Waals surface area contributed by atoms with E-state index in [-0.39, 0.29) is 0 Å². The first kappa shape index (κ1) is 15.4. The highest BCUT2D eigenvalue weighted by molar-refractivity contribution is 5.87. The molecule has 0 bridgehead atoms. The molecule has 112 valence electrons. The van der Waals surface area contributed by atoms with Gasteiger partial charge in [-0.25, -0.2) is 0 Å². The minimum atomic E-state index is 0.890. The first-order valence-corrected chi connectivity index (χ1v) is 8.69. The predicted octanol–water partition coefficient (Wildman–Crippen LogP) is 6.36. The Morgan fingerprint density at radius 3 is 1.85 bits per heavy atom. The molecule has 0 fully saturated rings. The van der Waals surface area contributed by atoms with E-state index in [4.69, 9.17) is 4.74 Å². The highest BCUT2D eigenvalue weighted by Crippen LogP contribution is 2.43. The number of fused-ring (bicyclic) bond motifs is 1. The van der Waals surface area contributed by atoms with Crippen molar-refractivity contribution in [2.75, 3.05) is 6.61 Å². The van der Waals surface area contributed by atoms with Crippen molar-refractivity contribution in [3.05, 3.63) is 18.2 Å². The van der Waals surface area contributed by atoms with Crippen molar-refractivity contribution in [3.63, 3.8) is 0 Å². The molecule has 0 aliphatic heterocycles. The van der Waals surface area contributed by atoms with Crippen LogP contribution in [-0.4, -0.2) is 6.61 Å². The van der Waals surface area contributed by atoms with Gasteiger partial charge in [0, 0.05) is 5.56 Å². The number of benzene rings is 1. The average molecular weight is 274 g/mol. The van der Waals surface area contributed by atoms with Crippen LogP contribution >= 0.6 is 0 Å². The van der Waals surface area contributed by atoms with Crippen LogP contribution in [0, 0.1) is 0 Å². The second kappa shape index (κ2) is 9.05. The lowest BCUT2D eigenvalue weighted by molar-refractivity contribution is 0.306. The van der Waals surface area contributed by atoms with E-state index >= 15 is 0 Å². The molecule has 0 atom stereocenters. The second-order valence-corrected chi connectivity index (χ2v) is 6.09. The van der Waals surface area contributed by atoms with E-state index in [0.717, 1.165) is 12.4 Å². The van der Waals surface area contributed by atoms with Gasteiger partial charge in [0.2, 0.25) is 0 Å². The minimum absolute atomic E-state index is 0.890. The lowest BCUT2D eigenvalue weighted by atomic mass is 10.1. The van der Waals surface area contributed by atoms with Crippen molar-refractivity contribution >= 4 is 0 Å². The molecule has 0 aromatic carbocycles. The fraction of sp³-hybridized carbons (Fsp3) is 0.684. The van der Waals surface area contributed by atoms with Crippen LogP contribution in [0.4, 0.5) is 0 Å². The van der Waals surface area contributed by atoms with Crippen molar-refractivity contribution in [1.82, 2.24) is 0 Å². The molecule has 0 amide bonds. The SMILES string of the molecule is CCCCCCCCCCCCCOc1ccc2cc1-2. The molecule has 0 saturated heterocycles. The molecule has 0 saturated carbocycles. The summed E-state index contributed by atoms with van der Waals surface area (Å²) in [4.78, 5) is 0. The number of hydrogen-bond donors (Lipinski definition) is 0. The zero-order valence-electron chi connectivity index (χ0n) is 13.1. The highest BCUT2D eigenvalue weighted by atomic mass is 16.5. The molecular formula is C19H30O. The van der Waals surface area contributed by atoms with Gasteiger partial charge < -0.3 is 4.74 Å². The quantitative estimate of drug-likeness (QED) is 0.386. The maximum Gasteiger partial charge on any atom is 0.127 e. The molecule has 0 radical (unpaired) electrons. The van der Waals surface area contributed by atoms with Crippen LogP contribution in [0.1, 0.15) is 77.6 Å². The molecule has 0 spiro atoms. The van der Waals surface area contributed by atoms with Gasteiger partial charge in [-0.1, -0.05) is 77.2 Å². The third-order valence-corrected chi connectivity index (χ3v) is 4.21. The van der Waals surface area contributed by atoms with Gasteiger partial charge in [0.15, 0.2) is 0 Å². The summed E-state index contributed by atoms with van der Waals surface area (Å²) < 4.78 is 5.78. The fourth-order valence-corrected chi connectivity index (χ4v) is 2.80. The van der Waals surface area contributed by atoms with Gasteiger partial charge in [-0.15, -0.1) is 0 Å². The summed E-state index contributed by atoms with van der Waals surface area (Å²) in [6.07, 6.45) is 15.3. The minimum Gasteiger partial charge on any atom is -0.493 e. The van der Waals surface area contributed by atoms with Crippen molar-refractivity contribution < 1.29 is 4.74 Å². The Kier molecular flexibility index (Phi) is 6.97. The second-order valence-electron chi connectivity index (χ2n) is 6.09. The first-order chi connectivity index (χ1) is 9.92. The van der Waals surface area contributed by atoms with E-state index < -0.39 is 0 Å². The van der Waals surface area contributed by atoms with Crippen molar-refractivity contribution in [2.45, 2.75) is 77.6 Å². The molecule has 0 aromatic heterocycles. The molecule has 0 N–H and O–H groups in total. The van der Waals surface area contributed by atoms with Gasteiger partial charge in [0.25, 0.3) is 0 Å². The summed E-state index contributed by atoms with van der Waals surface area (Å²) in [5, 5.41) is 0. The van der Waals surface area contributed by atoms with Gasteiger partial charge in [0.1, 0.15) is 5.75 Å². The van der Waals surface area contributed by atoms with E-state index in [0.29, 0.717) is 0 Å². The van der Waals surface area contributed by atoms with E-state index in [9.17, 15) is 0 Å². The summed E-state index contributed by atoms with van der Waals surface area (Å²) in [6, 6.07) is 6.43. The largest absolute Gasteiger partial charge is 0.493 e. The standard InChI is InChI=1S/C19H30O/c1-2-3-4-5-6-7-8-9-10-11-12-15-20-19-14-13-17-16-18(17)19/h13-14,16H,2-12,15H2,1H3. The number of ether oxygens (including phenoxy) is 1. The molecule has 0 unspecified atom stereocenters. The van der Waals surface area contributed by atoms with Crippen LogP contribution in [-0.2, 0) is 0 Å². The average Bonchev–Trinajstić information content (AvgIpc) is 3.14. The van der Waals surface area contributed by atoms with Gasteiger partial charge in [0.05, 0.1) is 6.61 Å². The summed E-state index contributed by atoms with van der Waals surface area (Å²) in [6.45, 7) is 3.17. The molecule has 2 aliphatic carbocycles. The smallest absolute Gasteiger partial charge is 0.127 e. The zero-order chi connectivity index (χ0) is 14.0. The van der Waals surface area contributed by atoms with Gasteiger partial charge in [-0.2, -0.15) is 0 Å². The van der Waals surface area contributed by atoms with Crippen LogP contribution in [0.3, 0.4) is 0 Å². The topological polar surface area (TPSA) is 9.23 Å². The number of hydrogen-bond acceptors (Lipinski definition) is 1. The molecule has 1 heteroatoms. The molecule has 1 nitrogen and oxygen atoms in total. The Hall–Kier alpha value is -0.980. The van der Waals surface area contributed by atoms with Crippen LogP contribution in [0.25, 0.3) is 11.1 Å². The maximum atomic E-state index is 5.78. The van der Waals surface area contributed by atoms with Crippen molar-refractivity contribution in [2.24, 2.45) is 0 Å². The van der Waals surface area contributed by atoms with E-state index in [1.54, 1.807) is 0 Å². The first-order valence-electron chi connectivity index (χ1n) is 8.69. The van der Waals surface area contributed by atoms with Crippen LogP contribution < -0.4 is 4.74 Å². The van der Waals surface area contributed by atoms with Gasteiger partial charge >= 0.3 is 0 Å². The molecule has 2 rings (SSSR count). The number of unbranched alkanes of at least 4 members (excludes halogenated alkanes) is 10. The monoisotopic (exact) mass is 274 g/mol. The van der Waals surface area contributed by atoms with Crippen LogP contribution in [0.15, 0.2) is 18.2 Å². The van der Waals surface area contributed by atoms with Gasteiger partial charge in [-0.05, 0) is 24.1 Å². The third kappa shape index (κ3) is 5.56. The predicted molar refractivity (Wildman–Crippen MR) is 87.4 cm³/mol. The van der Waals surface area contributed by atoms with Crippen LogP contribution in [0.5, 0.6) is 5.75 Å². The fourth-order valence-electron chi connectivity index (χ4n) is 2.80. The summed E-state index contributed by atoms with van der Waals surface area (Å²) in [7, 11) is 0. The summed E-state index contributed by atoms with van der Waals surface area (Å²) >= 11 is 0. The Labute approximate surface area is 124 Å². The lowest BCUT2D eigenvalue weighted by Gasteiger charge is -2.04. The Morgan fingerprint density at radius 2 is 1.35 bits per heavy atom. The van der Waals surface area contributed by atoms with E-state index in [1.807, 2.05) is 0 Å². The normalized spacial score (nSPS) is 11.7. The zero-order valence-corrected chi connectivity index (χ0v) is 13.1. The molecule has 2 aliphatic rings. The van der Waals surface area contributed by atoms with E-state index in [1.165, 1.54) is 81.8 Å². The summed E-state index contributed by atoms with van der Waals surface area (Å²) in [5.74, 6) is 1.10. The molecule has 0 heterocycles. The Balaban J connectivity index is 1.30. The number of rotatable bonds is 13. The Bertz CT molecular complexity index is 383.